The molecule has 0 aliphatic heterocycles. The van der Waals surface area contributed by atoms with Crippen LogP contribution in [0, 0.1) is 18.3 Å². The molecule has 0 aliphatic rings. The van der Waals surface area contributed by atoms with Gasteiger partial charge in [0.15, 0.2) is 5.60 Å². The summed E-state index contributed by atoms with van der Waals surface area (Å²) in [6.07, 6.45) is 3.13. The van der Waals surface area contributed by atoms with Gasteiger partial charge in [-0.2, -0.15) is 5.26 Å². The summed E-state index contributed by atoms with van der Waals surface area (Å²) < 4.78 is 16.8. The van der Waals surface area contributed by atoms with E-state index in [1.807, 2.05) is 43.3 Å². The number of carbonyl (C=O) groups is 1. The van der Waals surface area contributed by atoms with Gasteiger partial charge in [-0.05, 0) is 75.2 Å². The average molecular weight is 365 g/mol. The molecule has 0 radical (unpaired) electrons. The SMILES string of the molecule is CCOC(=O)C(C)(C)Oc1ccc(Oc2cccc(/C=C/C#N)c2)cc1C. The predicted molar refractivity (Wildman–Crippen MR) is 104 cm³/mol. The molecule has 2 aromatic rings. The van der Waals surface area contributed by atoms with Crippen LogP contribution in [0.5, 0.6) is 17.2 Å². The van der Waals surface area contributed by atoms with Gasteiger partial charge in [-0.25, -0.2) is 4.79 Å². The van der Waals surface area contributed by atoms with Crippen LogP contribution >= 0.6 is 0 Å². The minimum atomic E-state index is -1.08. The van der Waals surface area contributed by atoms with Crippen LogP contribution in [0.4, 0.5) is 0 Å². The zero-order valence-electron chi connectivity index (χ0n) is 16.0. The molecule has 0 aliphatic carbocycles. The number of hydrogen-bond acceptors (Lipinski definition) is 5. The molecule has 0 saturated carbocycles. The molecular formula is C22H23NO4. The minimum absolute atomic E-state index is 0.306. The van der Waals surface area contributed by atoms with Crippen LogP contribution in [0.15, 0.2) is 48.5 Å². The van der Waals surface area contributed by atoms with E-state index in [1.54, 1.807) is 39.0 Å². The van der Waals surface area contributed by atoms with E-state index in [4.69, 9.17) is 19.5 Å². The second-order valence-electron chi connectivity index (χ2n) is 6.40. The fraction of sp³-hybridized carbons (Fsp3) is 0.273. The summed E-state index contributed by atoms with van der Waals surface area (Å²) in [5.41, 5.74) is 0.636. The van der Waals surface area contributed by atoms with Crippen molar-refractivity contribution in [2.45, 2.75) is 33.3 Å². The maximum absolute atomic E-state index is 12.0. The highest BCUT2D eigenvalue weighted by Gasteiger charge is 2.32. The number of nitrogens with zero attached hydrogens (tertiary/aromatic N) is 1. The van der Waals surface area contributed by atoms with Crippen LogP contribution in [0.2, 0.25) is 0 Å². The molecule has 0 heterocycles. The van der Waals surface area contributed by atoms with Crippen LogP contribution in [-0.2, 0) is 9.53 Å². The molecule has 0 saturated heterocycles. The summed E-state index contributed by atoms with van der Waals surface area (Å²) in [6, 6.07) is 14.8. The van der Waals surface area contributed by atoms with Gasteiger partial charge in [-0.3, -0.25) is 0 Å². The van der Waals surface area contributed by atoms with Gasteiger partial charge in [0.1, 0.15) is 17.2 Å². The number of aryl methyl sites for hydroxylation is 1. The molecule has 2 rings (SSSR count). The normalized spacial score (nSPS) is 11.1. The largest absolute Gasteiger partial charge is 0.476 e. The molecule has 0 fully saturated rings. The van der Waals surface area contributed by atoms with Gasteiger partial charge in [0, 0.05) is 6.08 Å². The van der Waals surface area contributed by atoms with Gasteiger partial charge in [0.25, 0.3) is 0 Å². The van der Waals surface area contributed by atoms with Gasteiger partial charge in [0.05, 0.1) is 12.7 Å². The molecule has 27 heavy (non-hydrogen) atoms. The fourth-order valence-corrected chi connectivity index (χ4v) is 2.37. The third kappa shape index (κ3) is 5.61. The highest BCUT2D eigenvalue weighted by molar-refractivity contribution is 5.79. The highest BCUT2D eigenvalue weighted by Crippen LogP contribution is 2.30. The second kappa shape index (κ2) is 8.91. The van der Waals surface area contributed by atoms with Gasteiger partial charge < -0.3 is 14.2 Å². The van der Waals surface area contributed by atoms with Crippen LogP contribution in [0.25, 0.3) is 6.08 Å². The number of ether oxygens (including phenoxy) is 3. The van der Waals surface area contributed by atoms with Crippen molar-refractivity contribution in [3.05, 3.63) is 59.7 Å². The monoisotopic (exact) mass is 365 g/mol. The molecule has 2 aromatic carbocycles. The van der Waals surface area contributed by atoms with Gasteiger partial charge in [-0.15, -0.1) is 0 Å². The minimum Gasteiger partial charge on any atom is -0.476 e. The van der Waals surface area contributed by atoms with E-state index < -0.39 is 11.6 Å². The van der Waals surface area contributed by atoms with E-state index in [2.05, 4.69) is 0 Å². The van der Waals surface area contributed by atoms with E-state index in [1.165, 1.54) is 6.08 Å². The number of nitriles is 1. The molecule has 0 bridgehead atoms. The van der Waals surface area contributed by atoms with Gasteiger partial charge in [0.2, 0.25) is 0 Å². The van der Waals surface area contributed by atoms with Crippen LogP contribution in [-0.4, -0.2) is 18.2 Å². The van der Waals surface area contributed by atoms with E-state index in [-0.39, 0.29) is 0 Å². The van der Waals surface area contributed by atoms with Crippen molar-refractivity contribution in [2.75, 3.05) is 6.61 Å². The Kier molecular flexibility index (Phi) is 6.62. The lowest BCUT2D eigenvalue weighted by Gasteiger charge is -2.25. The molecule has 0 amide bonds. The number of allylic oxidation sites excluding steroid dienone is 1. The summed E-state index contributed by atoms with van der Waals surface area (Å²) in [5, 5.41) is 8.62. The number of rotatable bonds is 7. The molecule has 0 spiro atoms. The van der Waals surface area contributed by atoms with Crippen molar-refractivity contribution < 1.29 is 19.0 Å². The van der Waals surface area contributed by atoms with Crippen molar-refractivity contribution in [1.82, 2.24) is 0 Å². The summed E-state index contributed by atoms with van der Waals surface area (Å²) in [7, 11) is 0. The first kappa shape index (κ1) is 20.1. The number of hydrogen-bond donors (Lipinski definition) is 0. The Morgan fingerprint density at radius 3 is 2.59 bits per heavy atom. The van der Waals surface area contributed by atoms with Crippen LogP contribution in [0.3, 0.4) is 0 Å². The molecule has 0 aromatic heterocycles. The quantitative estimate of drug-likeness (QED) is 0.507. The van der Waals surface area contributed by atoms with Crippen LogP contribution < -0.4 is 9.47 Å². The van der Waals surface area contributed by atoms with Crippen molar-refractivity contribution >= 4 is 12.0 Å². The fourth-order valence-electron chi connectivity index (χ4n) is 2.37. The van der Waals surface area contributed by atoms with Gasteiger partial charge in [-0.1, -0.05) is 12.1 Å². The Balaban J connectivity index is 2.14. The van der Waals surface area contributed by atoms with Gasteiger partial charge >= 0.3 is 5.97 Å². The molecule has 0 atom stereocenters. The highest BCUT2D eigenvalue weighted by atomic mass is 16.6. The Bertz CT molecular complexity index is 878. The van der Waals surface area contributed by atoms with Crippen molar-refractivity contribution in [2.24, 2.45) is 0 Å². The number of esters is 1. The maximum atomic E-state index is 12.0. The predicted octanol–water partition coefficient (Wildman–Crippen LogP) is 5.04. The molecule has 0 N–H and O–H groups in total. The summed E-state index contributed by atoms with van der Waals surface area (Å²) in [5.74, 6) is 1.49. The summed E-state index contributed by atoms with van der Waals surface area (Å²) >= 11 is 0. The van der Waals surface area contributed by atoms with E-state index in [0.717, 1.165) is 11.1 Å². The smallest absolute Gasteiger partial charge is 0.349 e. The number of carbonyl (C=O) groups excluding carboxylic acids is 1. The van der Waals surface area contributed by atoms with Crippen molar-refractivity contribution in [1.29, 1.82) is 5.26 Å². The summed E-state index contributed by atoms with van der Waals surface area (Å²) in [4.78, 5) is 12.0. The lowest BCUT2D eigenvalue weighted by Crippen LogP contribution is -2.39. The molecule has 0 unspecified atom stereocenters. The first-order valence-electron chi connectivity index (χ1n) is 8.66. The van der Waals surface area contributed by atoms with Crippen molar-refractivity contribution in [3.63, 3.8) is 0 Å². The van der Waals surface area contributed by atoms with E-state index >= 15 is 0 Å². The molecular weight excluding hydrogens is 342 g/mol. The maximum Gasteiger partial charge on any atom is 0.349 e. The Labute approximate surface area is 159 Å². The Hall–Kier alpha value is -3.26. The first-order chi connectivity index (χ1) is 12.9. The van der Waals surface area contributed by atoms with Crippen LogP contribution in [0.1, 0.15) is 31.9 Å². The van der Waals surface area contributed by atoms with E-state index in [9.17, 15) is 4.79 Å². The zero-order chi connectivity index (χ0) is 19.9. The Morgan fingerprint density at radius 2 is 1.93 bits per heavy atom. The summed E-state index contributed by atoms with van der Waals surface area (Å²) in [6.45, 7) is 7.30. The average Bonchev–Trinajstić information content (AvgIpc) is 2.63. The standard InChI is InChI=1S/C22H23NO4/c1-5-25-21(24)22(3,4)27-20-12-11-19(14-16(20)2)26-18-10-6-8-17(15-18)9-7-13-23/h6-12,14-15H,5H2,1-4H3/b9-7+. The van der Waals surface area contributed by atoms with Crippen molar-refractivity contribution in [3.8, 4) is 23.3 Å². The molecule has 5 heteroatoms. The topological polar surface area (TPSA) is 68.6 Å². The lowest BCUT2D eigenvalue weighted by molar-refractivity contribution is -0.158. The zero-order valence-corrected chi connectivity index (χ0v) is 16.0. The third-order valence-electron chi connectivity index (χ3n) is 3.72. The number of benzene rings is 2. The molecule has 140 valence electrons. The Morgan fingerprint density at radius 1 is 1.19 bits per heavy atom. The third-order valence-corrected chi connectivity index (χ3v) is 3.72. The molecule has 5 nitrogen and oxygen atoms in total. The first-order valence-corrected chi connectivity index (χ1v) is 8.66. The second-order valence-corrected chi connectivity index (χ2v) is 6.40. The lowest BCUT2D eigenvalue weighted by atomic mass is 10.1. The van der Waals surface area contributed by atoms with E-state index in [0.29, 0.717) is 23.9 Å².